The fraction of sp³-hybridized carbons (Fsp3) is 0.478. The van der Waals surface area contributed by atoms with Gasteiger partial charge in [0.15, 0.2) is 5.78 Å². The number of nitrogens with zero attached hydrogens (tertiary/aromatic N) is 1. The van der Waals surface area contributed by atoms with E-state index < -0.39 is 5.91 Å². The van der Waals surface area contributed by atoms with Crippen LogP contribution >= 0.6 is 0 Å². The van der Waals surface area contributed by atoms with E-state index in [4.69, 9.17) is 5.73 Å². The monoisotopic (exact) mass is 394 g/mol. The van der Waals surface area contributed by atoms with Gasteiger partial charge < -0.3 is 20.9 Å². The molecular formula is C23H30N4O2. The van der Waals surface area contributed by atoms with Crippen molar-refractivity contribution in [1.82, 2.24) is 9.88 Å². The van der Waals surface area contributed by atoms with Crippen LogP contribution in [0.15, 0.2) is 24.3 Å². The molecule has 4 rings (SSSR count). The highest BCUT2D eigenvalue weighted by atomic mass is 16.1. The number of ketones is 1. The number of aryl methyl sites for hydroxylation is 1. The van der Waals surface area contributed by atoms with Crippen molar-refractivity contribution < 1.29 is 9.59 Å². The number of hydrogen-bond acceptors (Lipinski definition) is 4. The minimum atomic E-state index is -0.435. The molecule has 0 bridgehead atoms. The van der Waals surface area contributed by atoms with Crippen molar-refractivity contribution in [2.75, 3.05) is 18.4 Å². The summed E-state index contributed by atoms with van der Waals surface area (Å²) in [5.74, 6) is -0.226. The number of anilines is 1. The van der Waals surface area contributed by atoms with E-state index in [-0.39, 0.29) is 11.2 Å². The van der Waals surface area contributed by atoms with Gasteiger partial charge in [-0.25, -0.2) is 0 Å². The second-order valence-electron chi connectivity index (χ2n) is 9.19. The van der Waals surface area contributed by atoms with E-state index in [0.717, 1.165) is 60.7 Å². The third-order valence-corrected chi connectivity index (χ3v) is 6.10. The summed E-state index contributed by atoms with van der Waals surface area (Å²) in [6.45, 7) is 8.23. The zero-order chi connectivity index (χ0) is 20.8. The topological polar surface area (TPSA) is 89.2 Å². The number of carbonyl (C=O) groups excluding carboxylic acids is 2. The first kappa shape index (κ1) is 19.7. The molecule has 1 aromatic carbocycles. The van der Waals surface area contributed by atoms with Gasteiger partial charge in [0, 0.05) is 40.8 Å². The first-order chi connectivity index (χ1) is 13.7. The van der Waals surface area contributed by atoms with Gasteiger partial charge in [-0.05, 0) is 69.0 Å². The summed E-state index contributed by atoms with van der Waals surface area (Å²) < 4.78 is 2.16. The Balaban J connectivity index is 1.77. The zero-order valence-corrected chi connectivity index (χ0v) is 17.5. The number of amides is 1. The van der Waals surface area contributed by atoms with Crippen LogP contribution in [-0.4, -0.2) is 35.4 Å². The van der Waals surface area contributed by atoms with E-state index in [9.17, 15) is 9.59 Å². The van der Waals surface area contributed by atoms with E-state index >= 15 is 0 Å². The van der Waals surface area contributed by atoms with Crippen molar-refractivity contribution in [1.29, 1.82) is 0 Å². The molecule has 1 saturated heterocycles. The summed E-state index contributed by atoms with van der Waals surface area (Å²) in [5, 5.41) is 6.89. The molecule has 2 heterocycles. The van der Waals surface area contributed by atoms with Crippen molar-refractivity contribution >= 4 is 17.4 Å². The van der Waals surface area contributed by atoms with Crippen molar-refractivity contribution in [3.63, 3.8) is 0 Å². The summed E-state index contributed by atoms with van der Waals surface area (Å²) in [5.41, 5.74) is 10.7. The van der Waals surface area contributed by atoms with Gasteiger partial charge in [-0.2, -0.15) is 0 Å². The minimum Gasteiger partial charge on any atom is -0.382 e. The molecule has 6 heteroatoms. The number of nitrogens with two attached hydrogens (primary N) is 1. The number of primary amides is 1. The van der Waals surface area contributed by atoms with E-state index in [2.05, 4.69) is 29.0 Å². The van der Waals surface area contributed by atoms with Crippen molar-refractivity contribution in [3.8, 4) is 5.69 Å². The van der Waals surface area contributed by atoms with Gasteiger partial charge in [0.1, 0.15) is 0 Å². The van der Waals surface area contributed by atoms with Crippen LogP contribution in [-0.2, 0) is 6.42 Å². The Hall–Kier alpha value is -2.60. The Morgan fingerprint density at radius 2 is 1.93 bits per heavy atom. The molecule has 29 heavy (non-hydrogen) atoms. The summed E-state index contributed by atoms with van der Waals surface area (Å²) >= 11 is 0. The van der Waals surface area contributed by atoms with Crippen molar-refractivity contribution in [2.24, 2.45) is 11.1 Å². The molecule has 1 aliphatic heterocycles. The standard InChI is InChI=1S/C23H30N4O2/c1-14-10-18-20(12-23(2,3)13-21(18)28)27(14)16-4-5-17(22(24)29)19(11-16)26-15-6-8-25-9-7-15/h4-5,10-11,15,25-26H,6-9,12-13H2,1-3H3,(H2,24,29). The normalized spacial score (nSPS) is 19.1. The van der Waals surface area contributed by atoms with E-state index in [0.29, 0.717) is 18.0 Å². The number of carbonyl (C=O) groups is 2. The number of benzene rings is 1. The van der Waals surface area contributed by atoms with Gasteiger partial charge in [0.05, 0.1) is 5.56 Å². The molecule has 0 saturated carbocycles. The van der Waals surface area contributed by atoms with Gasteiger partial charge in [-0.15, -0.1) is 0 Å². The fourth-order valence-corrected chi connectivity index (χ4v) is 4.70. The number of fused-ring (bicyclic) bond motifs is 1. The lowest BCUT2D eigenvalue weighted by molar-refractivity contribution is 0.0910. The minimum absolute atomic E-state index is 0.0596. The van der Waals surface area contributed by atoms with Crippen molar-refractivity contribution in [3.05, 3.63) is 46.8 Å². The lowest BCUT2D eigenvalue weighted by atomic mass is 9.76. The molecule has 0 unspecified atom stereocenters. The Bertz CT molecular complexity index is 967. The Morgan fingerprint density at radius 1 is 1.21 bits per heavy atom. The van der Waals surface area contributed by atoms with Crippen LogP contribution in [0.2, 0.25) is 0 Å². The third kappa shape index (κ3) is 3.81. The number of nitrogens with one attached hydrogen (secondary N) is 2. The Morgan fingerprint density at radius 3 is 2.62 bits per heavy atom. The van der Waals surface area contributed by atoms with Crippen LogP contribution in [0.4, 0.5) is 5.69 Å². The number of Topliss-reactive ketones (excluding diaryl/α,β-unsaturated/α-hetero) is 1. The van der Waals surface area contributed by atoms with Gasteiger partial charge in [-0.3, -0.25) is 9.59 Å². The quantitative estimate of drug-likeness (QED) is 0.743. The van der Waals surface area contributed by atoms with Crippen LogP contribution in [0.5, 0.6) is 0 Å². The summed E-state index contributed by atoms with van der Waals surface area (Å²) in [6, 6.07) is 8.02. The van der Waals surface area contributed by atoms with Crippen LogP contribution in [0.1, 0.15) is 65.2 Å². The largest absolute Gasteiger partial charge is 0.382 e. The smallest absolute Gasteiger partial charge is 0.250 e. The molecule has 0 atom stereocenters. The average Bonchev–Trinajstić information content (AvgIpc) is 2.97. The summed E-state index contributed by atoms with van der Waals surface area (Å²) in [6.07, 6.45) is 3.43. The van der Waals surface area contributed by atoms with Crippen LogP contribution in [0.3, 0.4) is 0 Å². The Kier molecular flexibility index (Phi) is 4.99. The number of aromatic nitrogens is 1. The Labute approximate surface area is 171 Å². The lowest BCUT2D eigenvalue weighted by Gasteiger charge is -2.30. The molecule has 0 spiro atoms. The van der Waals surface area contributed by atoms with E-state index in [1.807, 2.05) is 25.1 Å². The van der Waals surface area contributed by atoms with E-state index in [1.54, 1.807) is 6.07 Å². The van der Waals surface area contributed by atoms with Crippen LogP contribution < -0.4 is 16.4 Å². The molecule has 1 aliphatic carbocycles. The maximum absolute atomic E-state index is 12.7. The van der Waals surface area contributed by atoms with E-state index in [1.165, 1.54) is 0 Å². The van der Waals surface area contributed by atoms with Crippen LogP contribution in [0, 0.1) is 12.3 Å². The average molecular weight is 395 g/mol. The maximum atomic E-state index is 12.7. The molecule has 2 aromatic rings. The number of hydrogen-bond donors (Lipinski definition) is 3. The second-order valence-corrected chi connectivity index (χ2v) is 9.19. The van der Waals surface area contributed by atoms with Crippen LogP contribution in [0.25, 0.3) is 5.69 Å². The summed E-state index contributed by atoms with van der Waals surface area (Å²) in [7, 11) is 0. The molecule has 1 amide bonds. The highest BCUT2D eigenvalue weighted by Gasteiger charge is 2.34. The molecule has 1 aromatic heterocycles. The lowest BCUT2D eigenvalue weighted by Crippen LogP contribution is -2.35. The van der Waals surface area contributed by atoms with Gasteiger partial charge in [0.25, 0.3) is 5.91 Å². The molecule has 154 valence electrons. The highest BCUT2D eigenvalue weighted by Crippen LogP contribution is 2.38. The molecular weight excluding hydrogens is 364 g/mol. The molecule has 1 fully saturated rings. The number of piperidine rings is 1. The first-order valence-electron chi connectivity index (χ1n) is 10.4. The molecule has 4 N–H and O–H groups in total. The maximum Gasteiger partial charge on any atom is 0.250 e. The SMILES string of the molecule is Cc1cc2c(n1-c1ccc(C(N)=O)c(NC3CCNCC3)c1)CC(C)(C)CC2=O. The van der Waals surface area contributed by atoms with Gasteiger partial charge in [-0.1, -0.05) is 13.8 Å². The fourth-order valence-electron chi connectivity index (χ4n) is 4.70. The molecule has 0 radical (unpaired) electrons. The molecule has 2 aliphatic rings. The first-order valence-corrected chi connectivity index (χ1v) is 10.4. The zero-order valence-electron chi connectivity index (χ0n) is 17.5. The second kappa shape index (κ2) is 7.34. The predicted molar refractivity (Wildman–Crippen MR) is 115 cm³/mol. The van der Waals surface area contributed by atoms with Crippen molar-refractivity contribution in [2.45, 2.75) is 52.5 Å². The molecule has 6 nitrogen and oxygen atoms in total. The summed E-state index contributed by atoms with van der Waals surface area (Å²) in [4.78, 5) is 24.7. The number of rotatable bonds is 4. The highest BCUT2D eigenvalue weighted by molar-refractivity contribution is 6.00. The predicted octanol–water partition coefficient (Wildman–Crippen LogP) is 3.20. The third-order valence-electron chi connectivity index (χ3n) is 6.10. The van der Waals surface area contributed by atoms with Gasteiger partial charge in [0.2, 0.25) is 0 Å². The van der Waals surface area contributed by atoms with Gasteiger partial charge >= 0.3 is 0 Å².